The number of nitrogens with one attached hydrogen (secondary N) is 1. The fourth-order valence-corrected chi connectivity index (χ4v) is 3.42. The summed E-state index contributed by atoms with van der Waals surface area (Å²) in [6.45, 7) is 3.99. The molecule has 0 spiro atoms. The zero-order valence-corrected chi connectivity index (χ0v) is 13.5. The minimum atomic E-state index is -0.186. The second-order valence-electron chi connectivity index (χ2n) is 6.56. The summed E-state index contributed by atoms with van der Waals surface area (Å²) in [5, 5.41) is 3.26. The first-order valence-electron chi connectivity index (χ1n) is 8.55. The molecule has 126 valence electrons. The van der Waals surface area contributed by atoms with E-state index in [1.54, 1.807) is 0 Å². The maximum absolute atomic E-state index is 12.9. The molecule has 2 aliphatic heterocycles. The Bertz CT molecular complexity index is 506. The lowest BCUT2D eigenvalue weighted by atomic mass is 9.90. The van der Waals surface area contributed by atoms with E-state index < -0.39 is 0 Å². The van der Waals surface area contributed by atoms with Crippen molar-refractivity contribution in [2.75, 3.05) is 32.8 Å². The van der Waals surface area contributed by atoms with Crippen LogP contribution >= 0.6 is 0 Å². The molecule has 2 saturated heterocycles. The first kappa shape index (κ1) is 16.4. The van der Waals surface area contributed by atoms with Crippen molar-refractivity contribution >= 4 is 5.91 Å². The van der Waals surface area contributed by atoms with Crippen LogP contribution in [0.5, 0.6) is 0 Å². The van der Waals surface area contributed by atoms with Crippen LogP contribution in [0.4, 0.5) is 4.39 Å². The largest absolute Gasteiger partial charge is 0.375 e. The molecule has 1 atom stereocenters. The van der Waals surface area contributed by atoms with Crippen LogP contribution < -0.4 is 5.32 Å². The van der Waals surface area contributed by atoms with Crippen LogP contribution in [0.3, 0.4) is 0 Å². The fourth-order valence-electron chi connectivity index (χ4n) is 3.42. The summed E-state index contributed by atoms with van der Waals surface area (Å²) in [5.41, 5.74) is 1.18. The Morgan fingerprint density at radius 1 is 1.26 bits per heavy atom. The average molecular weight is 320 g/mol. The van der Waals surface area contributed by atoms with E-state index in [1.807, 2.05) is 17.0 Å². The molecule has 0 saturated carbocycles. The highest BCUT2D eigenvalue weighted by molar-refractivity contribution is 5.76. The fraction of sp³-hybridized carbons (Fsp3) is 0.611. The van der Waals surface area contributed by atoms with E-state index in [2.05, 4.69) is 5.32 Å². The average Bonchev–Trinajstić information content (AvgIpc) is 2.58. The third-order valence-corrected chi connectivity index (χ3v) is 4.81. The number of hydrogen-bond donors (Lipinski definition) is 1. The Morgan fingerprint density at radius 3 is 2.65 bits per heavy atom. The second kappa shape index (κ2) is 7.88. The maximum Gasteiger partial charge on any atom is 0.225 e. The minimum absolute atomic E-state index is 0.0215. The standard InChI is InChI=1S/C18H25FN2O2/c19-16-3-1-14(2-4-16)11-15-5-8-21(9-6-15)18(22)12-17-13-20-7-10-23-17/h1-4,15,17,20H,5-13H2/t17-/m1/s1. The number of carbonyl (C=O) groups excluding carboxylic acids is 1. The van der Waals surface area contributed by atoms with Gasteiger partial charge in [0.15, 0.2) is 0 Å². The number of halogens is 1. The molecule has 0 aromatic heterocycles. The number of benzene rings is 1. The van der Waals surface area contributed by atoms with Crippen LogP contribution in [-0.2, 0) is 16.0 Å². The lowest BCUT2D eigenvalue weighted by Crippen LogP contribution is -2.44. The van der Waals surface area contributed by atoms with Crippen molar-refractivity contribution < 1.29 is 13.9 Å². The monoisotopic (exact) mass is 320 g/mol. The summed E-state index contributed by atoms with van der Waals surface area (Å²) in [7, 11) is 0. The summed E-state index contributed by atoms with van der Waals surface area (Å²) in [6.07, 6.45) is 3.51. The van der Waals surface area contributed by atoms with Crippen molar-refractivity contribution in [1.82, 2.24) is 10.2 Å². The Morgan fingerprint density at radius 2 is 2.00 bits per heavy atom. The van der Waals surface area contributed by atoms with Crippen molar-refractivity contribution in [2.45, 2.75) is 31.8 Å². The highest BCUT2D eigenvalue weighted by atomic mass is 19.1. The minimum Gasteiger partial charge on any atom is -0.375 e. The number of nitrogens with zero attached hydrogens (tertiary/aromatic N) is 1. The van der Waals surface area contributed by atoms with Crippen molar-refractivity contribution in [2.24, 2.45) is 5.92 Å². The van der Waals surface area contributed by atoms with Gasteiger partial charge < -0.3 is 15.0 Å². The number of carbonyl (C=O) groups is 1. The maximum atomic E-state index is 12.9. The molecule has 0 radical (unpaired) electrons. The number of hydrogen-bond acceptors (Lipinski definition) is 3. The Balaban J connectivity index is 1.42. The van der Waals surface area contributed by atoms with Gasteiger partial charge in [-0.25, -0.2) is 4.39 Å². The first-order chi connectivity index (χ1) is 11.2. The predicted octanol–water partition coefficient (Wildman–Crippen LogP) is 1.99. The topological polar surface area (TPSA) is 41.6 Å². The SMILES string of the molecule is O=C(C[C@@H]1CNCCO1)N1CCC(Cc2ccc(F)cc2)CC1. The number of ether oxygens (including phenoxy) is 1. The van der Waals surface area contributed by atoms with Gasteiger partial charge in [0.2, 0.25) is 5.91 Å². The summed E-state index contributed by atoms with van der Waals surface area (Å²) in [5.74, 6) is 0.602. The number of morpholine rings is 1. The second-order valence-corrected chi connectivity index (χ2v) is 6.56. The van der Waals surface area contributed by atoms with E-state index >= 15 is 0 Å². The Hall–Kier alpha value is -1.46. The molecular formula is C18H25FN2O2. The molecule has 0 aliphatic carbocycles. The third kappa shape index (κ3) is 4.75. The van der Waals surface area contributed by atoms with Gasteiger partial charge in [-0.1, -0.05) is 12.1 Å². The molecule has 0 unspecified atom stereocenters. The normalized spacial score (nSPS) is 23.0. The Kier molecular flexibility index (Phi) is 5.62. The summed E-state index contributed by atoms with van der Waals surface area (Å²) >= 11 is 0. The number of likely N-dealkylation sites (tertiary alicyclic amines) is 1. The van der Waals surface area contributed by atoms with Gasteiger partial charge in [-0.15, -0.1) is 0 Å². The third-order valence-electron chi connectivity index (χ3n) is 4.81. The van der Waals surface area contributed by atoms with E-state index in [1.165, 1.54) is 17.7 Å². The molecule has 0 bridgehead atoms. The molecular weight excluding hydrogens is 295 g/mol. The van der Waals surface area contributed by atoms with Gasteiger partial charge in [-0.3, -0.25) is 4.79 Å². The van der Waals surface area contributed by atoms with E-state index in [4.69, 9.17) is 4.74 Å². The zero-order valence-electron chi connectivity index (χ0n) is 13.5. The number of piperidine rings is 1. The quantitative estimate of drug-likeness (QED) is 0.922. The smallest absolute Gasteiger partial charge is 0.225 e. The Labute approximate surface area is 137 Å². The first-order valence-corrected chi connectivity index (χ1v) is 8.55. The molecule has 1 N–H and O–H groups in total. The molecule has 23 heavy (non-hydrogen) atoms. The molecule has 1 aromatic carbocycles. The van der Waals surface area contributed by atoms with Crippen LogP contribution in [0.2, 0.25) is 0 Å². The predicted molar refractivity (Wildman–Crippen MR) is 86.6 cm³/mol. The molecule has 1 amide bonds. The molecule has 4 nitrogen and oxygen atoms in total. The van der Waals surface area contributed by atoms with E-state index in [0.29, 0.717) is 18.9 Å². The molecule has 2 heterocycles. The lowest BCUT2D eigenvalue weighted by molar-refractivity contribution is -0.136. The summed E-state index contributed by atoms with van der Waals surface area (Å²) < 4.78 is 18.5. The van der Waals surface area contributed by atoms with Crippen LogP contribution in [0.1, 0.15) is 24.8 Å². The van der Waals surface area contributed by atoms with Crippen molar-refractivity contribution in [3.8, 4) is 0 Å². The molecule has 5 heteroatoms. The van der Waals surface area contributed by atoms with Gasteiger partial charge >= 0.3 is 0 Å². The van der Waals surface area contributed by atoms with Gasteiger partial charge in [-0.2, -0.15) is 0 Å². The van der Waals surface area contributed by atoms with Gasteiger partial charge in [0.05, 0.1) is 19.1 Å². The van der Waals surface area contributed by atoms with Gasteiger partial charge in [0.1, 0.15) is 5.82 Å². The number of amides is 1. The lowest BCUT2D eigenvalue weighted by Gasteiger charge is -2.33. The van der Waals surface area contributed by atoms with Crippen LogP contribution in [0, 0.1) is 11.7 Å². The van der Waals surface area contributed by atoms with Gasteiger partial charge in [-0.05, 0) is 42.9 Å². The molecule has 2 fully saturated rings. The van der Waals surface area contributed by atoms with Crippen LogP contribution in [0.25, 0.3) is 0 Å². The van der Waals surface area contributed by atoms with Crippen LogP contribution in [0.15, 0.2) is 24.3 Å². The highest BCUT2D eigenvalue weighted by Crippen LogP contribution is 2.22. The molecule has 3 rings (SSSR count). The van der Waals surface area contributed by atoms with Crippen molar-refractivity contribution in [1.29, 1.82) is 0 Å². The van der Waals surface area contributed by atoms with Crippen LogP contribution in [-0.4, -0.2) is 49.7 Å². The zero-order chi connectivity index (χ0) is 16.1. The summed E-state index contributed by atoms with van der Waals surface area (Å²) in [4.78, 5) is 14.3. The molecule has 1 aromatic rings. The van der Waals surface area contributed by atoms with E-state index in [9.17, 15) is 9.18 Å². The highest BCUT2D eigenvalue weighted by Gasteiger charge is 2.25. The van der Waals surface area contributed by atoms with E-state index in [-0.39, 0.29) is 17.8 Å². The van der Waals surface area contributed by atoms with Gasteiger partial charge in [0.25, 0.3) is 0 Å². The summed E-state index contributed by atoms with van der Waals surface area (Å²) in [6, 6.07) is 6.76. The van der Waals surface area contributed by atoms with E-state index in [0.717, 1.165) is 45.4 Å². The number of rotatable bonds is 4. The molecule has 2 aliphatic rings. The van der Waals surface area contributed by atoms with Crippen molar-refractivity contribution in [3.05, 3.63) is 35.6 Å². The van der Waals surface area contributed by atoms with Gasteiger partial charge in [0, 0.05) is 26.2 Å². The van der Waals surface area contributed by atoms with Crippen molar-refractivity contribution in [3.63, 3.8) is 0 Å².